The molecule has 7 aromatic rings. The van der Waals surface area contributed by atoms with Crippen molar-refractivity contribution in [3.8, 4) is 69.0 Å². The number of nitrogens with zero attached hydrogens (tertiary/aromatic N) is 4. The highest BCUT2D eigenvalue weighted by Crippen LogP contribution is 2.23. The summed E-state index contributed by atoms with van der Waals surface area (Å²) in [6.07, 6.45) is 3.57. The minimum atomic E-state index is 0.800. The van der Waals surface area contributed by atoms with Crippen molar-refractivity contribution in [1.82, 2.24) is 19.9 Å². The van der Waals surface area contributed by atoms with E-state index in [2.05, 4.69) is 57.9 Å². The molecular formula is C42H26N4. The van der Waals surface area contributed by atoms with Gasteiger partial charge in [0.2, 0.25) is 0 Å². The monoisotopic (exact) mass is 586 g/mol. The van der Waals surface area contributed by atoms with Crippen molar-refractivity contribution in [2.24, 2.45) is 0 Å². The molecule has 7 rings (SSSR count). The number of rotatable bonds is 4. The Balaban J connectivity index is 1.06. The summed E-state index contributed by atoms with van der Waals surface area (Å²) >= 11 is 0. The molecule has 0 atom stereocenters. The molecule has 4 aromatic heterocycles. The van der Waals surface area contributed by atoms with Crippen LogP contribution in [-0.2, 0) is 0 Å². The third-order valence-electron chi connectivity index (χ3n) is 7.30. The minimum absolute atomic E-state index is 0.800. The number of aromatic nitrogens is 4. The molecule has 4 heteroatoms. The molecule has 214 valence electrons. The Morgan fingerprint density at radius 3 is 1.13 bits per heavy atom. The van der Waals surface area contributed by atoms with Crippen LogP contribution in [0.2, 0.25) is 0 Å². The van der Waals surface area contributed by atoms with E-state index in [-0.39, 0.29) is 0 Å². The highest BCUT2D eigenvalue weighted by atomic mass is 14.8. The van der Waals surface area contributed by atoms with Gasteiger partial charge in [0.05, 0.1) is 34.2 Å². The zero-order valence-electron chi connectivity index (χ0n) is 24.8. The van der Waals surface area contributed by atoms with Gasteiger partial charge in [-0.3, -0.25) is 9.97 Å². The summed E-state index contributed by atoms with van der Waals surface area (Å²) in [5, 5.41) is 0. The fourth-order valence-corrected chi connectivity index (χ4v) is 4.91. The maximum absolute atomic E-state index is 4.81. The minimum Gasteiger partial charge on any atom is -0.253 e. The standard InChI is InChI=1S/C42H26N4/c1-3-13-35(14-4-1)37-17-9-19-41(45-37)39-27-23-31(29-43-39)21-25-33-11-7-8-12-34(33)26-22-32-24-28-40(44-30-32)42-20-10-18-38(46-42)36-15-5-2-6-16-36/h1-20,23-24,27-30H. The maximum Gasteiger partial charge on any atom is 0.0893 e. The van der Waals surface area contributed by atoms with E-state index in [9.17, 15) is 0 Å². The fraction of sp³-hybridized carbons (Fsp3) is 0. The van der Waals surface area contributed by atoms with Crippen LogP contribution in [0, 0.1) is 23.7 Å². The molecule has 0 aliphatic rings. The smallest absolute Gasteiger partial charge is 0.0893 e. The third-order valence-corrected chi connectivity index (χ3v) is 7.30. The second-order valence-corrected chi connectivity index (χ2v) is 10.5. The van der Waals surface area contributed by atoms with Gasteiger partial charge in [0, 0.05) is 45.8 Å². The molecule has 4 heterocycles. The van der Waals surface area contributed by atoms with Gasteiger partial charge in [-0.1, -0.05) is 109 Å². The van der Waals surface area contributed by atoms with Gasteiger partial charge < -0.3 is 0 Å². The molecule has 0 fully saturated rings. The van der Waals surface area contributed by atoms with Crippen LogP contribution in [0.25, 0.3) is 45.3 Å². The molecule has 0 aliphatic heterocycles. The van der Waals surface area contributed by atoms with Crippen LogP contribution < -0.4 is 0 Å². The Labute approximate surface area is 268 Å². The van der Waals surface area contributed by atoms with Crippen molar-refractivity contribution in [1.29, 1.82) is 0 Å². The topological polar surface area (TPSA) is 51.6 Å². The lowest BCUT2D eigenvalue weighted by molar-refractivity contribution is 1.24. The molecule has 0 N–H and O–H groups in total. The van der Waals surface area contributed by atoms with E-state index in [1.165, 1.54) is 0 Å². The third kappa shape index (κ3) is 6.63. The molecule has 0 saturated heterocycles. The van der Waals surface area contributed by atoms with Crippen molar-refractivity contribution in [2.75, 3.05) is 0 Å². The second kappa shape index (κ2) is 13.3. The molecule has 46 heavy (non-hydrogen) atoms. The predicted octanol–water partition coefficient (Wildman–Crippen LogP) is 8.73. The quantitative estimate of drug-likeness (QED) is 0.194. The fourth-order valence-electron chi connectivity index (χ4n) is 4.91. The second-order valence-electron chi connectivity index (χ2n) is 10.5. The summed E-state index contributed by atoms with van der Waals surface area (Å²) in [5.74, 6) is 13.0. The largest absolute Gasteiger partial charge is 0.253 e. The number of hydrogen-bond acceptors (Lipinski definition) is 4. The van der Waals surface area contributed by atoms with E-state index in [1.54, 1.807) is 12.4 Å². The van der Waals surface area contributed by atoms with E-state index in [1.807, 2.05) is 121 Å². The van der Waals surface area contributed by atoms with Gasteiger partial charge in [0.1, 0.15) is 0 Å². The zero-order chi connectivity index (χ0) is 31.0. The lowest BCUT2D eigenvalue weighted by Crippen LogP contribution is -1.91. The molecule has 0 bridgehead atoms. The lowest BCUT2D eigenvalue weighted by atomic mass is 10.1. The Kier molecular flexibility index (Phi) is 8.17. The summed E-state index contributed by atoms with van der Waals surface area (Å²) in [4.78, 5) is 18.9. The van der Waals surface area contributed by atoms with Crippen molar-refractivity contribution in [3.63, 3.8) is 0 Å². The first kappa shape index (κ1) is 28.2. The molecule has 0 amide bonds. The van der Waals surface area contributed by atoms with E-state index in [0.717, 1.165) is 67.5 Å². The van der Waals surface area contributed by atoms with Crippen molar-refractivity contribution >= 4 is 0 Å². The lowest BCUT2D eigenvalue weighted by Gasteiger charge is -2.04. The molecule has 0 unspecified atom stereocenters. The zero-order valence-corrected chi connectivity index (χ0v) is 24.8. The summed E-state index contributed by atoms with van der Waals surface area (Å²) < 4.78 is 0. The van der Waals surface area contributed by atoms with Gasteiger partial charge in [-0.25, -0.2) is 9.97 Å². The average Bonchev–Trinajstić information content (AvgIpc) is 3.15. The Morgan fingerprint density at radius 2 is 0.717 bits per heavy atom. The molecule has 3 aromatic carbocycles. The number of benzene rings is 3. The summed E-state index contributed by atoms with van der Waals surface area (Å²) in [7, 11) is 0. The Hall–Kier alpha value is -6.62. The van der Waals surface area contributed by atoms with E-state index in [4.69, 9.17) is 9.97 Å². The van der Waals surface area contributed by atoms with E-state index >= 15 is 0 Å². The molecular weight excluding hydrogens is 560 g/mol. The average molecular weight is 587 g/mol. The predicted molar refractivity (Wildman–Crippen MR) is 184 cm³/mol. The highest BCUT2D eigenvalue weighted by Gasteiger charge is 2.06. The van der Waals surface area contributed by atoms with Gasteiger partial charge in [-0.2, -0.15) is 0 Å². The molecule has 0 saturated carbocycles. The van der Waals surface area contributed by atoms with Crippen LogP contribution in [0.1, 0.15) is 22.3 Å². The first-order valence-electron chi connectivity index (χ1n) is 14.9. The Morgan fingerprint density at radius 1 is 0.304 bits per heavy atom. The summed E-state index contributed by atoms with van der Waals surface area (Å²) in [6, 6.07) is 48.0. The maximum atomic E-state index is 4.81. The van der Waals surface area contributed by atoms with Gasteiger partial charge >= 0.3 is 0 Å². The SMILES string of the molecule is C(#Cc1ccccc1C#Cc1ccc(-c2cccc(-c3ccccc3)n2)nc1)c1ccc(-c2cccc(-c3ccccc3)n2)nc1. The van der Waals surface area contributed by atoms with Gasteiger partial charge in [0.15, 0.2) is 0 Å². The van der Waals surface area contributed by atoms with Gasteiger partial charge in [-0.05, 0) is 60.7 Å². The molecule has 0 spiro atoms. The Bertz CT molecular complexity index is 2070. The summed E-state index contributed by atoms with van der Waals surface area (Å²) in [5.41, 5.74) is 10.5. The summed E-state index contributed by atoms with van der Waals surface area (Å²) in [6.45, 7) is 0. The van der Waals surface area contributed by atoms with E-state index in [0.29, 0.717) is 0 Å². The van der Waals surface area contributed by atoms with Crippen LogP contribution in [0.4, 0.5) is 0 Å². The van der Waals surface area contributed by atoms with Gasteiger partial charge in [0.25, 0.3) is 0 Å². The number of pyridine rings is 4. The van der Waals surface area contributed by atoms with Crippen LogP contribution >= 0.6 is 0 Å². The van der Waals surface area contributed by atoms with Crippen molar-refractivity contribution in [3.05, 3.63) is 180 Å². The molecule has 0 aliphatic carbocycles. The first-order chi connectivity index (χ1) is 22.8. The molecule has 4 nitrogen and oxygen atoms in total. The first-order valence-corrected chi connectivity index (χ1v) is 14.9. The van der Waals surface area contributed by atoms with Crippen molar-refractivity contribution in [2.45, 2.75) is 0 Å². The highest BCUT2D eigenvalue weighted by molar-refractivity contribution is 5.66. The van der Waals surface area contributed by atoms with Crippen LogP contribution in [0.3, 0.4) is 0 Å². The van der Waals surface area contributed by atoms with Crippen LogP contribution in [0.5, 0.6) is 0 Å². The van der Waals surface area contributed by atoms with Gasteiger partial charge in [-0.15, -0.1) is 0 Å². The van der Waals surface area contributed by atoms with Crippen LogP contribution in [0.15, 0.2) is 158 Å². The van der Waals surface area contributed by atoms with Crippen LogP contribution in [-0.4, -0.2) is 19.9 Å². The van der Waals surface area contributed by atoms with E-state index < -0.39 is 0 Å². The number of hydrogen-bond donors (Lipinski definition) is 0. The van der Waals surface area contributed by atoms with Crippen molar-refractivity contribution < 1.29 is 0 Å². The normalized spacial score (nSPS) is 10.3. The molecule has 0 radical (unpaired) electrons.